The number of hydrogen-bond donors (Lipinski definition) is 1. The lowest BCUT2D eigenvalue weighted by atomic mass is 9.88. The summed E-state index contributed by atoms with van der Waals surface area (Å²) in [6, 6.07) is 19.7. The summed E-state index contributed by atoms with van der Waals surface area (Å²) in [5.74, 6) is 0. The van der Waals surface area contributed by atoms with Crippen LogP contribution in [0, 0.1) is 0 Å². The van der Waals surface area contributed by atoms with E-state index in [1.807, 2.05) is 60.7 Å². The average molecular weight is 311 g/mol. The van der Waals surface area contributed by atoms with Crippen LogP contribution in [0.5, 0.6) is 0 Å². The second-order valence-corrected chi connectivity index (χ2v) is 11.4. The zero-order valence-corrected chi connectivity index (χ0v) is 14.8. The van der Waals surface area contributed by atoms with Gasteiger partial charge in [0.2, 0.25) is 0 Å². The van der Waals surface area contributed by atoms with Gasteiger partial charge in [-0.3, -0.25) is 0 Å². The standard InChI is InChI=1S/C19H25BOP/c1-18(2,3)22(4,20)15-19(21,16-11-7-5-8-12-16)17-13-9-6-10-14-17/h5-14,21H,15H2,1-4H3. The smallest absolute Gasteiger partial charge is 0.144 e. The Morgan fingerprint density at radius 3 is 1.55 bits per heavy atom. The molecule has 0 bridgehead atoms. The Hall–Kier alpha value is -1.11. The van der Waals surface area contributed by atoms with Gasteiger partial charge in [-0.05, 0) is 31.9 Å². The monoisotopic (exact) mass is 311 g/mol. The molecule has 0 aromatic heterocycles. The molecule has 2 aromatic rings. The highest BCUT2D eigenvalue weighted by atomic mass is 31.2. The minimum absolute atomic E-state index is 0.00938. The predicted molar refractivity (Wildman–Crippen MR) is 99.1 cm³/mol. The fourth-order valence-electron chi connectivity index (χ4n) is 2.49. The van der Waals surface area contributed by atoms with Crippen LogP contribution in [0.1, 0.15) is 31.9 Å². The molecule has 3 heteroatoms. The Kier molecular flexibility index (Phi) is 4.85. The van der Waals surface area contributed by atoms with Gasteiger partial charge in [-0.25, -0.2) is 7.14 Å². The van der Waals surface area contributed by atoms with Crippen LogP contribution >= 0.6 is 7.14 Å². The quantitative estimate of drug-likeness (QED) is 0.653. The third kappa shape index (κ3) is 3.45. The second kappa shape index (κ2) is 6.18. The van der Waals surface area contributed by atoms with Gasteiger partial charge in [0.15, 0.2) is 0 Å². The van der Waals surface area contributed by atoms with E-state index in [2.05, 4.69) is 27.4 Å². The fourth-order valence-corrected chi connectivity index (χ4v) is 4.28. The third-order valence-electron chi connectivity index (χ3n) is 4.59. The van der Waals surface area contributed by atoms with Crippen molar-refractivity contribution in [2.45, 2.75) is 31.5 Å². The Bertz CT molecular complexity index is 563. The van der Waals surface area contributed by atoms with Crippen molar-refractivity contribution in [1.82, 2.24) is 0 Å². The topological polar surface area (TPSA) is 20.2 Å². The van der Waals surface area contributed by atoms with E-state index in [0.717, 1.165) is 11.1 Å². The molecule has 0 spiro atoms. The maximum Gasteiger partial charge on any atom is 0.144 e. The van der Waals surface area contributed by atoms with Crippen molar-refractivity contribution >= 4 is 14.7 Å². The summed E-state index contributed by atoms with van der Waals surface area (Å²) in [4.78, 5) is 0. The first-order valence-electron chi connectivity index (χ1n) is 7.64. The molecule has 1 atom stereocenters. The van der Waals surface area contributed by atoms with Gasteiger partial charge >= 0.3 is 0 Å². The number of aliphatic hydroxyl groups is 1. The van der Waals surface area contributed by atoms with Crippen molar-refractivity contribution < 1.29 is 5.11 Å². The molecule has 0 amide bonds. The molecule has 0 heterocycles. The van der Waals surface area contributed by atoms with E-state index in [1.165, 1.54) is 0 Å². The van der Waals surface area contributed by atoms with Crippen molar-refractivity contribution in [2.75, 3.05) is 12.8 Å². The summed E-state index contributed by atoms with van der Waals surface area (Å²) in [5, 5.41) is 11.6. The van der Waals surface area contributed by atoms with Crippen LogP contribution in [-0.2, 0) is 5.60 Å². The predicted octanol–water partition coefficient (Wildman–Crippen LogP) is 4.45. The Morgan fingerprint density at radius 1 is 0.864 bits per heavy atom. The highest BCUT2D eigenvalue weighted by Gasteiger charge is 2.41. The van der Waals surface area contributed by atoms with E-state index in [0.29, 0.717) is 6.16 Å². The molecule has 3 radical (unpaired) electrons. The average Bonchev–Trinajstić information content (AvgIpc) is 2.47. The van der Waals surface area contributed by atoms with Gasteiger partial charge in [0.25, 0.3) is 0 Å². The molecular weight excluding hydrogens is 286 g/mol. The largest absolute Gasteiger partial charge is 0.377 e. The maximum absolute atomic E-state index is 11.6. The minimum Gasteiger partial charge on any atom is -0.377 e. The summed E-state index contributed by atoms with van der Waals surface area (Å²) < 4.78 is 0. The third-order valence-corrected chi connectivity index (χ3v) is 8.77. The number of rotatable bonds is 4. The summed E-state index contributed by atoms with van der Waals surface area (Å²) in [7, 11) is 4.88. The summed E-state index contributed by atoms with van der Waals surface area (Å²) in [6.45, 7) is 8.62. The van der Waals surface area contributed by atoms with Crippen LogP contribution in [0.2, 0.25) is 0 Å². The number of benzene rings is 2. The molecule has 22 heavy (non-hydrogen) atoms. The molecule has 2 aromatic carbocycles. The molecular formula is C19H25BOP. The van der Waals surface area contributed by atoms with E-state index >= 15 is 0 Å². The highest BCUT2D eigenvalue weighted by Crippen LogP contribution is 2.64. The Labute approximate surface area is 136 Å². The van der Waals surface area contributed by atoms with Gasteiger partial charge in [0.1, 0.15) is 5.60 Å². The first-order valence-corrected chi connectivity index (χ1v) is 10.1. The van der Waals surface area contributed by atoms with Crippen LogP contribution in [0.15, 0.2) is 60.7 Å². The molecule has 2 rings (SSSR count). The van der Waals surface area contributed by atoms with Gasteiger partial charge in [-0.2, -0.15) is 0 Å². The summed E-state index contributed by atoms with van der Waals surface area (Å²) >= 11 is 0. The van der Waals surface area contributed by atoms with E-state index in [-0.39, 0.29) is 5.16 Å². The van der Waals surface area contributed by atoms with E-state index in [4.69, 9.17) is 7.57 Å². The Morgan fingerprint density at radius 2 is 1.23 bits per heavy atom. The molecule has 0 aliphatic heterocycles. The number of hydrogen-bond acceptors (Lipinski definition) is 1. The lowest BCUT2D eigenvalue weighted by molar-refractivity contribution is 0.106. The van der Waals surface area contributed by atoms with Crippen molar-refractivity contribution in [2.24, 2.45) is 0 Å². The van der Waals surface area contributed by atoms with Gasteiger partial charge in [0, 0.05) is 18.0 Å². The van der Waals surface area contributed by atoms with Crippen LogP contribution in [0.3, 0.4) is 0 Å². The van der Waals surface area contributed by atoms with Gasteiger partial charge in [0.05, 0.1) is 0 Å². The fraction of sp³-hybridized carbons (Fsp3) is 0.368. The van der Waals surface area contributed by atoms with Crippen LogP contribution in [0.4, 0.5) is 0 Å². The van der Waals surface area contributed by atoms with Crippen LogP contribution in [0.25, 0.3) is 0 Å². The molecule has 0 saturated heterocycles. The first-order chi connectivity index (χ1) is 10.2. The molecule has 0 aliphatic rings. The van der Waals surface area contributed by atoms with E-state index in [1.54, 1.807) is 0 Å². The second-order valence-electron chi connectivity index (χ2n) is 7.19. The molecule has 1 unspecified atom stereocenters. The summed E-state index contributed by atoms with van der Waals surface area (Å²) in [6.07, 6.45) is 0.567. The molecule has 1 N–H and O–H groups in total. The SMILES string of the molecule is [B-][P+](C)(CC(O)(c1ccccc1)c1ccccc1)C(C)(C)C. The molecule has 115 valence electrons. The van der Waals surface area contributed by atoms with Crippen LogP contribution < -0.4 is 0 Å². The normalized spacial score (nSPS) is 15.4. The zero-order chi connectivity index (χ0) is 16.4. The van der Waals surface area contributed by atoms with Gasteiger partial charge < -0.3 is 12.7 Å². The highest BCUT2D eigenvalue weighted by molar-refractivity contribution is 7.98. The van der Waals surface area contributed by atoms with Crippen molar-refractivity contribution in [1.29, 1.82) is 0 Å². The van der Waals surface area contributed by atoms with Crippen molar-refractivity contribution in [3.63, 3.8) is 0 Å². The first kappa shape index (κ1) is 17.3. The molecule has 0 saturated carbocycles. The zero-order valence-electron chi connectivity index (χ0n) is 14.0. The molecule has 0 aliphatic carbocycles. The molecule has 0 fully saturated rings. The van der Waals surface area contributed by atoms with Gasteiger partial charge in [-0.1, -0.05) is 60.7 Å². The summed E-state index contributed by atoms with van der Waals surface area (Å²) in [5.41, 5.74) is 0.761. The van der Waals surface area contributed by atoms with Crippen molar-refractivity contribution in [3.8, 4) is 0 Å². The van der Waals surface area contributed by atoms with E-state index in [9.17, 15) is 5.11 Å². The molecule has 1 nitrogen and oxygen atoms in total. The minimum atomic E-state index is -1.83. The lowest BCUT2D eigenvalue weighted by Gasteiger charge is -2.49. The maximum atomic E-state index is 11.6. The van der Waals surface area contributed by atoms with Gasteiger partial charge in [-0.15, -0.1) is 0 Å². The van der Waals surface area contributed by atoms with Crippen LogP contribution in [-0.4, -0.2) is 30.7 Å². The lowest BCUT2D eigenvalue weighted by Crippen LogP contribution is -2.37. The Balaban J connectivity index is 2.53. The van der Waals surface area contributed by atoms with Crippen molar-refractivity contribution in [3.05, 3.63) is 71.8 Å². The van der Waals surface area contributed by atoms with E-state index < -0.39 is 12.7 Å².